The molecule has 0 aliphatic carbocycles. The predicted molar refractivity (Wildman–Crippen MR) is 156 cm³/mol. The number of para-hydroxylation sites is 1. The van der Waals surface area contributed by atoms with Crippen LogP contribution in [0.15, 0.2) is 30.5 Å². The largest absolute Gasteiger partial charge is 0.493 e. The average Bonchev–Trinajstić information content (AvgIpc) is 3.22. The summed E-state index contributed by atoms with van der Waals surface area (Å²) in [6.07, 6.45) is -0.664. The molecule has 2 aromatic heterocycles. The van der Waals surface area contributed by atoms with Gasteiger partial charge in [0, 0.05) is 30.4 Å². The fourth-order valence-corrected chi connectivity index (χ4v) is 4.55. The van der Waals surface area contributed by atoms with Crippen LogP contribution in [-0.2, 0) is 15.9 Å². The normalized spacial score (nSPS) is 13.1. The number of methoxy groups -OCH3 is 1. The number of imide groups is 1. The van der Waals surface area contributed by atoms with Gasteiger partial charge in [0.25, 0.3) is 5.91 Å². The standard InChI is InChI=1S/C29H33ClFN5O6/c1-28(2,3)41-26(38)36(27(39)42-29(4,5)6)24-20(31)15(11-13-32-24)21-22(19-17(34-21)12-14-33-25(19)37)35-18-10-8-9-16(30)23(18)40-7/h8-11,13,34-35H,12,14H2,1-7H3,(H,33,37). The van der Waals surface area contributed by atoms with Crippen molar-refractivity contribution in [2.45, 2.75) is 59.2 Å². The van der Waals surface area contributed by atoms with Crippen LogP contribution in [0.2, 0.25) is 5.02 Å². The summed E-state index contributed by atoms with van der Waals surface area (Å²) < 4.78 is 32.7. The summed E-state index contributed by atoms with van der Waals surface area (Å²) in [6, 6.07) is 6.38. The van der Waals surface area contributed by atoms with Crippen LogP contribution < -0.4 is 20.3 Å². The molecule has 3 amide bonds. The van der Waals surface area contributed by atoms with E-state index in [2.05, 4.69) is 20.6 Å². The Morgan fingerprint density at radius 3 is 2.31 bits per heavy atom. The molecule has 0 fully saturated rings. The molecule has 1 aliphatic heterocycles. The van der Waals surface area contributed by atoms with Gasteiger partial charge in [-0.05, 0) is 59.7 Å². The van der Waals surface area contributed by atoms with Crippen LogP contribution in [0.1, 0.15) is 57.6 Å². The van der Waals surface area contributed by atoms with Crippen molar-refractivity contribution in [2.24, 2.45) is 0 Å². The molecule has 13 heteroatoms. The molecule has 0 spiro atoms. The number of hydrogen-bond donors (Lipinski definition) is 3. The van der Waals surface area contributed by atoms with Crippen LogP contribution in [0, 0.1) is 5.82 Å². The van der Waals surface area contributed by atoms with Crippen molar-refractivity contribution < 1.29 is 33.0 Å². The third-order valence-electron chi connectivity index (χ3n) is 5.90. The van der Waals surface area contributed by atoms with Crippen LogP contribution >= 0.6 is 11.6 Å². The molecule has 4 rings (SSSR count). The van der Waals surface area contributed by atoms with Crippen LogP contribution in [0.4, 0.5) is 31.2 Å². The first-order valence-corrected chi connectivity index (χ1v) is 13.5. The molecular weight excluding hydrogens is 569 g/mol. The van der Waals surface area contributed by atoms with Gasteiger partial charge in [-0.2, -0.15) is 4.90 Å². The fourth-order valence-electron chi connectivity index (χ4n) is 4.30. The van der Waals surface area contributed by atoms with Crippen molar-refractivity contribution in [3.8, 4) is 17.0 Å². The quantitative estimate of drug-likeness (QED) is 0.298. The van der Waals surface area contributed by atoms with E-state index in [1.165, 1.54) is 19.4 Å². The first kappa shape index (κ1) is 30.6. The number of hydrogen-bond acceptors (Lipinski definition) is 8. The number of nitrogens with one attached hydrogen (secondary N) is 3. The Balaban J connectivity index is 1.90. The molecule has 0 unspecified atom stereocenters. The van der Waals surface area contributed by atoms with Crippen molar-refractivity contribution in [3.05, 3.63) is 52.6 Å². The summed E-state index contributed by atoms with van der Waals surface area (Å²) >= 11 is 6.32. The van der Waals surface area contributed by atoms with E-state index < -0.39 is 35.0 Å². The van der Waals surface area contributed by atoms with E-state index in [0.717, 1.165) is 0 Å². The van der Waals surface area contributed by atoms with E-state index in [-0.39, 0.29) is 28.4 Å². The lowest BCUT2D eigenvalue weighted by molar-refractivity contribution is 0.0426. The average molecular weight is 602 g/mol. The maximum Gasteiger partial charge on any atom is 0.425 e. The van der Waals surface area contributed by atoms with Gasteiger partial charge in [-0.3, -0.25) is 4.79 Å². The zero-order valence-corrected chi connectivity index (χ0v) is 25.2. The fraction of sp³-hybridized carbons (Fsp3) is 0.379. The topological polar surface area (TPSA) is 135 Å². The molecule has 0 saturated heterocycles. The summed E-state index contributed by atoms with van der Waals surface area (Å²) in [7, 11) is 1.45. The molecular formula is C29H33ClFN5O6. The number of aromatic nitrogens is 2. The van der Waals surface area contributed by atoms with E-state index in [0.29, 0.717) is 40.0 Å². The highest BCUT2D eigenvalue weighted by Gasteiger charge is 2.37. The van der Waals surface area contributed by atoms with Gasteiger partial charge in [0.2, 0.25) is 0 Å². The predicted octanol–water partition coefficient (Wildman–Crippen LogP) is 6.58. The summed E-state index contributed by atoms with van der Waals surface area (Å²) in [5.74, 6) is -1.73. The number of ether oxygens (including phenoxy) is 3. The SMILES string of the molecule is COc1c(Cl)cccc1Nc1c(-c2ccnc(N(C(=O)OC(C)(C)C)C(=O)OC(C)(C)C)c2F)[nH]c2c1C(=O)NCC2. The van der Waals surface area contributed by atoms with E-state index in [1.807, 2.05) is 0 Å². The lowest BCUT2D eigenvalue weighted by Gasteiger charge is -2.28. The van der Waals surface area contributed by atoms with Gasteiger partial charge in [-0.1, -0.05) is 17.7 Å². The number of nitrogens with zero attached hydrogens (tertiary/aromatic N) is 2. The zero-order valence-electron chi connectivity index (χ0n) is 24.4. The van der Waals surface area contributed by atoms with Crippen molar-refractivity contribution >= 4 is 46.9 Å². The summed E-state index contributed by atoms with van der Waals surface area (Å²) in [6.45, 7) is 10.0. The highest BCUT2D eigenvalue weighted by molar-refractivity contribution is 6.32. The van der Waals surface area contributed by atoms with E-state index >= 15 is 4.39 Å². The number of fused-ring (bicyclic) bond motifs is 1. The molecule has 0 bridgehead atoms. The van der Waals surface area contributed by atoms with Gasteiger partial charge in [-0.15, -0.1) is 0 Å². The van der Waals surface area contributed by atoms with Gasteiger partial charge >= 0.3 is 12.2 Å². The van der Waals surface area contributed by atoms with Crippen LogP contribution in [-0.4, -0.2) is 52.9 Å². The molecule has 1 aliphatic rings. The van der Waals surface area contributed by atoms with Crippen molar-refractivity contribution in [1.29, 1.82) is 0 Å². The Morgan fingerprint density at radius 1 is 1.07 bits per heavy atom. The summed E-state index contributed by atoms with van der Waals surface area (Å²) in [5, 5.41) is 6.28. The van der Waals surface area contributed by atoms with E-state index in [9.17, 15) is 14.4 Å². The zero-order chi connectivity index (χ0) is 31.0. The van der Waals surface area contributed by atoms with Crippen molar-refractivity contribution in [1.82, 2.24) is 15.3 Å². The number of rotatable bonds is 5. The Bertz CT molecular complexity index is 1510. The Kier molecular flexibility index (Phi) is 8.40. The summed E-state index contributed by atoms with van der Waals surface area (Å²) in [4.78, 5) is 47.0. The number of anilines is 3. The minimum atomic E-state index is -1.17. The minimum Gasteiger partial charge on any atom is -0.493 e. The number of carbonyl (C=O) groups is 3. The highest BCUT2D eigenvalue weighted by Crippen LogP contribution is 2.42. The summed E-state index contributed by atoms with van der Waals surface area (Å²) in [5.41, 5.74) is -0.436. The molecule has 42 heavy (non-hydrogen) atoms. The Labute approximate surface area is 247 Å². The molecule has 0 atom stereocenters. The number of aromatic amines is 1. The minimum absolute atomic E-state index is 0.0807. The third-order valence-corrected chi connectivity index (χ3v) is 6.20. The van der Waals surface area contributed by atoms with Crippen LogP contribution in [0.25, 0.3) is 11.3 Å². The molecule has 0 radical (unpaired) electrons. The Hall–Kier alpha value is -4.32. The van der Waals surface area contributed by atoms with E-state index in [1.54, 1.807) is 59.7 Å². The van der Waals surface area contributed by atoms with Crippen molar-refractivity contribution in [2.75, 3.05) is 23.9 Å². The molecule has 1 aromatic carbocycles. The lowest BCUT2D eigenvalue weighted by atomic mass is 10.0. The number of carbonyl (C=O) groups excluding carboxylic acids is 3. The van der Waals surface area contributed by atoms with Gasteiger partial charge in [0.15, 0.2) is 17.4 Å². The first-order valence-electron chi connectivity index (χ1n) is 13.1. The molecule has 3 N–H and O–H groups in total. The number of halogens is 2. The second-order valence-corrected chi connectivity index (χ2v) is 11.9. The molecule has 224 valence electrons. The van der Waals surface area contributed by atoms with Crippen molar-refractivity contribution in [3.63, 3.8) is 0 Å². The number of H-pyrrole nitrogens is 1. The smallest absolute Gasteiger partial charge is 0.425 e. The van der Waals surface area contributed by atoms with Crippen LogP contribution in [0.3, 0.4) is 0 Å². The maximum atomic E-state index is 16.5. The first-order chi connectivity index (χ1) is 19.6. The number of pyridine rings is 1. The second-order valence-electron chi connectivity index (χ2n) is 11.5. The van der Waals surface area contributed by atoms with Gasteiger partial charge < -0.3 is 29.8 Å². The molecule has 3 aromatic rings. The Morgan fingerprint density at radius 2 is 1.71 bits per heavy atom. The van der Waals surface area contributed by atoms with Gasteiger partial charge in [-0.25, -0.2) is 19.0 Å². The lowest BCUT2D eigenvalue weighted by Crippen LogP contribution is -2.44. The van der Waals surface area contributed by atoms with Gasteiger partial charge in [0.1, 0.15) is 11.2 Å². The third kappa shape index (κ3) is 6.43. The molecule has 3 heterocycles. The second kappa shape index (κ2) is 11.5. The molecule has 11 nitrogen and oxygen atoms in total. The maximum absolute atomic E-state index is 16.5. The van der Waals surface area contributed by atoms with E-state index in [4.69, 9.17) is 25.8 Å². The number of benzene rings is 1. The van der Waals surface area contributed by atoms with Crippen LogP contribution in [0.5, 0.6) is 5.75 Å². The molecule has 0 saturated carbocycles. The highest BCUT2D eigenvalue weighted by atomic mass is 35.5. The number of amides is 3. The van der Waals surface area contributed by atoms with Gasteiger partial charge in [0.05, 0.1) is 34.8 Å². The monoisotopic (exact) mass is 601 g/mol.